The van der Waals surface area contributed by atoms with Crippen LogP contribution < -0.4 is 10.6 Å². The minimum absolute atomic E-state index is 0.109. The summed E-state index contributed by atoms with van der Waals surface area (Å²) in [4.78, 5) is 17.6. The van der Waals surface area contributed by atoms with Gasteiger partial charge in [-0.25, -0.2) is 26.5 Å². The van der Waals surface area contributed by atoms with Gasteiger partial charge in [0.15, 0.2) is 0 Å². The van der Waals surface area contributed by atoms with E-state index in [-0.39, 0.29) is 11.6 Å². The van der Waals surface area contributed by atoms with Gasteiger partial charge in [0.25, 0.3) is 18.8 Å². The lowest BCUT2D eigenvalue weighted by Gasteiger charge is -2.31. The van der Waals surface area contributed by atoms with E-state index in [0.29, 0.717) is 53.8 Å². The van der Waals surface area contributed by atoms with Gasteiger partial charge in [0.05, 0.1) is 58.1 Å². The van der Waals surface area contributed by atoms with E-state index >= 15 is 0 Å². The standard InChI is InChI=1S/C30H31F5N8O2/c1-30(2,45)26(31)15-38-29(44)20-14-37-22(24-8-7-19-9-16(12-36)13-39-42(19)24)10-21(20)40-17-3-5-18(6-4-17)43-25(28(34)35)11-23(41-43)27(32)33/h7-11,13-14,17-18,26-28,45H,3-6,15H2,1-2H3,(H,37,40)(H,38,44)/t17-,18-,26-/m1/s1. The molecule has 1 aliphatic rings. The Kier molecular flexibility index (Phi) is 9.06. The Morgan fingerprint density at radius 2 is 1.82 bits per heavy atom. The number of nitriles is 1. The Hall–Kier alpha value is -4.58. The van der Waals surface area contributed by atoms with Crippen LogP contribution >= 0.6 is 0 Å². The predicted molar refractivity (Wildman–Crippen MR) is 154 cm³/mol. The Balaban J connectivity index is 1.40. The number of anilines is 1. The second-order valence-electron chi connectivity index (χ2n) is 11.5. The summed E-state index contributed by atoms with van der Waals surface area (Å²) in [7, 11) is 0. The number of aliphatic hydroxyl groups is 1. The minimum atomic E-state index is -2.97. The van der Waals surface area contributed by atoms with Crippen molar-refractivity contribution in [1.82, 2.24) is 29.7 Å². The predicted octanol–water partition coefficient (Wildman–Crippen LogP) is 5.77. The van der Waals surface area contributed by atoms with E-state index in [1.807, 2.05) is 6.07 Å². The van der Waals surface area contributed by atoms with E-state index in [2.05, 4.69) is 25.8 Å². The molecule has 4 heterocycles. The normalized spacial score (nSPS) is 17.9. The van der Waals surface area contributed by atoms with E-state index in [1.165, 1.54) is 26.2 Å². The van der Waals surface area contributed by atoms with Crippen LogP contribution in [0.15, 0.2) is 42.7 Å². The van der Waals surface area contributed by atoms with Gasteiger partial charge >= 0.3 is 0 Å². The zero-order valence-corrected chi connectivity index (χ0v) is 24.4. The lowest BCUT2D eigenvalue weighted by molar-refractivity contribution is -0.00178. The van der Waals surface area contributed by atoms with Crippen molar-refractivity contribution in [3.05, 3.63) is 65.2 Å². The zero-order chi connectivity index (χ0) is 32.5. The first-order chi connectivity index (χ1) is 21.3. The number of nitrogens with zero attached hydrogens (tertiary/aromatic N) is 6. The van der Waals surface area contributed by atoms with Crippen LogP contribution in [0.3, 0.4) is 0 Å². The van der Waals surface area contributed by atoms with Gasteiger partial charge in [-0.05, 0) is 69.9 Å². The lowest BCUT2D eigenvalue weighted by atomic mass is 9.90. The monoisotopic (exact) mass is 630 g/mol. The van der Waals surface area contributed by atoms with Gasteiger partial charge in [-0.15, -0.1) is 0 Å². The fourth-order valence-electron chi connectivity index (χ4n) is 5.35. The van der Waals surface area contributed by atoms with Crippen molar-refractivity contribution in [3.63, 3.8) is 0 Å². The summed E-state index contributed by atoms with van der Waals surface area (Å²) in [5.41, 5.74) is -0.383. The van der Waals surface area contributed by atoms with Gasteiger partial charge in [-0.1, -0.05) is 0 Å². The number of aromatic nitrogens is 5. The van der Waals surface area contributed by atoms with E-state index in [1.54, 1.807) is 28.8 Å². The number of carbonyl (C=O) groups excluding carboxylic acids is 1. The quantitative estimate of drug-likeness (QED) is 0.189. The summed E-state index contributed by atoms with van der Waals surface area (Å²) in [6, 6.07) is 8.87. The highest BCUT2D eigenvalue weighted by Gasteiger charge is 2.31. The highest BCUT2D eigenvalue weighted by atomic mass is 19.3. The summed E-state index contributed by atoms with van der Waals surface area (Å²) in [5, 5.41) is 33.0. The highest BCUT2D eigenvalue weighted by molar-refractivity contribution is 6.00. The fourth-order valence-corrected chi connectivity index (χ4v) is 5.35. The van der Waals surface area contributed by atoms with Crippen molar-refractivity contribution in [2.45, 2.75) is 76.2 Å². The molecule has 1 saturated carbocycles. The lowest BCUT2D eigenvalue weighted by Crippen LogP contribution is -2.42. The topological polar surface area (TPSA) is 133 Å². The van der Waals surface area contributed by atoms with Gasteiger partial charge in [0, 0.05) is 12.2 Å². The number of nitrogens with one attached hydrogen (secondary N) is 2. The third-order valence-corrected chi connectivity index (χ3v) is 7.88. The molecule has 4 aromatic heterocycles. The second kappa shape index (κ2) is 12.8. The zero-order valence-electron chi connectivity index (χ0n) is 24.4. The molecule has 0 aliphatic heterocycles. The maximum atomic E-state index is 14.4. The third kappa shape index (κ3) is 6.90. The second-order valence-corrected chi connectivity index (χ2v) is 11.5. The van der Waals surface area contributed by atoms with Gasteiger partial charge in [0.2, 0.25) is 0 Å². The molecule has 0 unspecified atom stereocenters. The molecule has 10 nitrogen and oxygen atoms in total. The molecule has 1 fully saturated rings. The number of carbonyl (C=O) groups is 1. The molecule has 238 valence electrons. The van der Waals surface area contributed by atoms with Gasteiger partial charge in [-0.3, -0.25) is 14.5 Å². The number of alkyl halides is 5. The summed E-state index contributed by atoms with van der Waals surface area (Å²) >= 11 is 0. The first kappa shape index (κ1) is 31.8. The smallest absolute Gasteiger partial charge is 0.282 e. The highest BCUT2D eigenvalue weighted by Crippen LogP contribution is 2.36. The molecule has 0 aromatic carbocycles. The summed E-state index contributed by atoms with van der Waals surface area (Å²) < 4.78 is 70.5. The van der Waals surface area contributed by atoms with E-state index in [0.717, 1.165) is 10.7 Å². The number of amides is 1. The molecule has 1 aliphatic carbocycles. The summed E-state index contributed by atoms with van der Waals surface area (Å²) in [5.74, 6) is -0.633. The van der Waals surface area contributed by atoms with E-state index in [9.17, 15) is 37.1 Å². The van der Waals surface area contributed by atoms with Crippen LogP contribution in [0.2, 0.25) is 0 Å². The number of hydrogen-bond acceptors (Lipinski definition) is 7. The molecular weight excluding hydrogens is 599 g/mol. The first-order valence-corrected chi connectivity index (χ1v) is 14.3. The SMILES string of the molecule is CC(C)(O)[C@H](F)CNC(=O)c1cnc(-c2ccc3cc(C#N)cnn23)cc1N[C@H]1CC[C@H](n2nc(C(F)F)cc2C(F)F)CC1. The molecule has 0 spiro atoms. The molecule has 1 atom stereocenters. The minimum Gasteiger partial charge on any atom is -0.387 e. The average molecular weight is 631 g/mol. The van der Waals surface area contributed by atoms with E-state index in [4.69, 9.17) is 0 Å². The van der Waals surface area contributed by atoms with Crippen molar-refractivity contribution < 1.29 is 31.9 Å². The molecule has 4 aromatic rings. The van der Waals surface area contributed by atoms with Crippen LogP contribution in [0.1, 0.15) is 85.7 Å². The molecule has 45 heavy (non-hydrogen) atoms. The van der Waals surface area contributed by atoms with Crippen molar-refractivity contribution in [1.29, 1.82) is 5.26 Å². The van der Waals surface area contributed by atoms with Crippen molar-refractivity contribution >= 4 is 17.1 Å². The Bertz CT molecular complexity index is 1720. The number of halogens is 5. The molecule has 3 N–H and O–H groups in total. The maximum absolute atomic E-state index is 14.4. The molecule has 0 saturated heterocycles. The number of hydrogen-bond donors (Lipinski definition) is 3. The van der Waals surface area contributed by atoms with Crippen LogP contribution in [-0.4, -0.2) is 59.8 Å². The Morgan fingerprint density at radius 1 is 1.09 bits per heavy atom. The molecule has 15 heteroatoms. The molecular formula is C30H31F5N8O2. The van der Waals surface area contributed by atoms with Crippen LogP contribution in [0, 0.1) is 11.3 Å². The Labute approximate surface area is 254 Å². The number of pyridine rings is 1. The summed E-state index contributed by atoms with van der Waals surface area (Å²) in [6.07, 6.45) is -3.27. The molecule has 0 radical (unpaired) electrons. The van der Waals surface area contributed by atoms with Crippen LogP contribution in [0.25, 0.3) is 16.9 Å². The van der Waals surface area contributed by atoms with E-state index < -0.39 is 54.5 Å². The molecule has 0 bridgehead atoms. The van der Waals surface area contributed by atoms with Gasteiger partial charge < -0.3 is 15.7 Å². The summed E-state index contributed by atoms with van der Waals surface area (Å²) in [6.45, 7) is 2.14. The first-order valence-electron chi connectivity index (χ1n) is 14.3. The number of rotatable bonds is 10. The molecule has 1 amide bonds. The van der Waals surface area contributed by atoms with Crippen LogP contribution in [0.5, 0.6) is 0 Å². The number of fused-ring (bicyclic) bond motifs is 1. The van der Waals surface area contributed by atoms with Crippen molar-refractivity contribution in [3.8, 4) is 17.5 Å². The van der Waals surface area contributed by atoms with Gasteiger partial charge in [-0.2, -0.15) is 15.5 Å². The van der Waals surface area contributed by atoms with Crippen LogP contribution in [-0.2, 0) is 0 Å². The largest absolute Gasteiger partial charge is 0.387 e. The van der Waals surface area contributed by atoms with Crippen LogP contribution in [0.4, 0.5) is 27.6 Å². The Morgan fingerprint density at radius 3 is 2.47 bits per heavy atom. The van der Waals surface area contributed by atoms with Crippen molar-refractivity contribution in [2.24, 2.45) is 0 Å². The van der Waals surface area contributed by atoms with Crippen molar-refractivity contribution in [2.75, 3.05) is 11.9 Å². The van der Waals surface area contributed by atoms with Gasteiger partial charge in [0.1, 0.15) is 23.6 Å². The fraction of sp³-hybridized carbons (Fsp3) is 0.433. The third-order valence-electron chi connectivity index (χ3n) is 7.88. The maximum Gasteiger partial charge on any atom is 0.282 e. The average Bonchev–Trinajstić information content (AvgIpc) is 3.65. The molecule has 5 rings (SSSR count).